The van der Waals surface area contributed by atoms with Crippen molar-refractivity contribution in [2.45, 2.75) is 59.3 Å². The number of aryl methyl sites for hydroxylation is 1. The minimum absolute atomic E-state index is 0.0999. The molecule has 1 aromatic carbocycles. The number of rotatable bonds is 7. The zero-order chi connectivity index (χ0) is 24.0. The number of hydrogen-bond acceptors (Lipinski definition) is 6. The Balaban J connectivity index is 0.00000151. The molecule has 0 radical (unpaired) electrons. The van der Waals surface area contributed by atoms with Gasteiger partial charge in [-0.3, -0.25) is 4.79 Å². The summed E-state index contributed by atoms with van der Waals surface area (Å²) in [5, 5.41) is 9.71. The second-order valence-corrected chi connectivity index (χ2v) is 13.6. The fraction of sp³-hybridized carbons (Fsp3) is 0.455. The number of imidazole rings is 1. The Morgan fingerprint density at radius 1 is 1.23 bits per heavy atom. The largest absolute Gasteiger partial charge is 0.478 e. The quantitative estimate of drug-likeness (QED) is 0.500. The molecule has 0 aliphatic rings. The Bertz CT molecular complexity index is 982. The number of Topliss-reactive ketones (excluding diaryl/α,β-unsaturated/α-hetero) is 1. The molecule has 0 amide bonds. The Kier molecular flexibility index (Phi) is 8.81. The van der Waals surface area contributed by atoms with E-state index in [2.05, 4.69) is 38.8 Å². The van der Waals surface area contributed by atoms with Crippen molar-refractivity contribution in [2.24, 2.45) is 0 Å². The van der Waals surface area contributed by atoms with Crippen molar-refractivity contribution >= 4 is 26.2 Å². The normalized spacial score (nSPS) is 11.3. The van der Waals surface area contributed by atoms with Crippen molar-refractivity contribution in [3.8, 4) is 11.4 Å². The van der Waals surface area contributed by atoms with E-state index in [0.29, 0.717) is 30.2 Å². The van der Waals surface area contributed by atoms with Gasteiger partial charge in [0.25, 0.3) is 0 Å². The van der Waals surface area contributed by atoms with Crippen LogP contribution in [0, 0.1) is 6.92 Å². The van der Waals surface area contributed by atoms with E-state index in [1.54, 1.807) is 18.3 Å². The molecule has 0 atom stereocenters. The number of carbonyl (C=O) groups is 2. The molecule has 2 rings (SSSR count). The molecular formula is C22H30N2O6Si. The van der Waals surface area contributed by atoms with Crippen LogP contribution in [-0.4, -0.2) is 47.5 Å². The van der Waals surface area contributed by atoms with E-state index in [9.17, 15) is 14.7 Å². The van der Waals surface area contributed by atoms with Gasteiger partial charge < -0.3 is 14.1 Å². The summed E-state index contributed by atoms with van der Waals surface area (Å²) in [5.41, 5.74) is 1.84. The van der Waals surface area contributed by atoms with Gasteiger partial charge in [-0.1, -0.05) is 38.5 Å². The fourth-order valence-electron chi connectivity index (χ4n) is 2.62. The zero-order valence-electron chi connectivity index (χ0n) is 19.1. The van der Waals surface area contributed by atoms with Crippen LogP contribution >= 0.6 is 0 Å². The maximum absolute atomic E-state index is 11.9. The predicted molar refractivity (Wildman–Crippen MR) is 118 cm³/mol. The topological polar surface area (TPSA) is 116 Å². The molecule has 168 valence electrons. The van der Waals surface area contributed by atoms with Gasteiger partial charge in [0, 0.05) is 25.2 Å². The first-order valence-corrected chi connectivity index (χ1v) is 12.7. The average Bonchev–Trinajstić information content (AvgIpc) is 3.05. The van der Waals surface area contributed by atoms with Crippen molar-refractivity contribution in [1.82, 2.24) is 9.55 Å². The lowest BCUT2D eigenvalue weighted by molar-refractivity contribution is -0.191. The second-order valence-electron chi connectivity index (χ2n) is 8.75. The Labute approximate surface area is 183 Å². The number of ketones is 1. The monoisotopic (exact) mass is 446 g/mol. The Morgan fingerprint density at radius 3 is 2.29 bits per heavy atom. The molecule has 0 aliphatic carbocycles. The molecule has 0 fully saturated rings. The molecule has 8 nitrogen and oxygen atoms in total. The maximum Gasteiger partial charge on any atom is 0.373 e. The number of benzene rings is 1. The van der Waals surface area contributed by atoms with Gasteiger partial charge in [0.2, 0.25) is 0 Å². The number of carboxylic acid groups (broad SMARTS) is 1. The molecule has 1 N–H and O–H groups in total. The third-order valence-electron chi connectivity index (χ3n) is 5.38. The highest BCUT2D eigenvalue weighted by Gasteiger charge is 2.37. The van der Waals surface area contributed by atoms with Crippen LogP contribution in [0.15, 0.2) is 24.4 Å². The van der Waals surface area contributed by atoms with Crippen LogP contribution in [0.1, 0.15) is 54.1 Å². The molecule has 0 bridgehead atoms. The lowest BCUT2D eigenvalue weighted by Gasteiger charge is -2.36. The van der Waals surface area contributed by atoms with Crippen molar-refractivity contribution in [1.29, 1.82) is 0 Å². The van der Waals surface area contributed by atoms with Gasteiger partial charge in [-0.2, -0.15) is 9.59 Å². The van der Waals surface area contributed by atoms with Crippen molar-refractivity contribution < 1.29 is 28.7 Å². The van der Waals surface area contributed by atoms with Gasteiger partial charge in [0.15, 0.2) is 14.1 Å². The highest BCUT2D eigenvalue weighted by atomic mass is 28.4. The highest BCUT2D eigenvalue weighted by Crippen LogP contribution is 2.36. The van der Waals surface area contributed by atoms with Crippen LogP contribution in [0.3, 0.4) is 0 Å². The van der Waals surface area contributed by atoms with Crippen LogP contribution in [-0.2, 0) is 20.6 Å². The zero-order valence-corrected chi connectivity index (χ0v) is 20.1. The van der Waals surface area contributed by atoms with Crippen LogP contribution in [0.4, 0.5) is 0 Å². The van der Waals surface area contributed by atoms with E-state index in [-0.39, 0.29) is 22.5 Å². The van der Waals surface area contributed by atoms with Gasteiger partial charge >= 0.3 is 12.1 Å². The van der Waals surface area contributed by atoms with Crippen molar-refractivity contribution in [3.63, 3.8) is 0 Å². The van der Waals surface area contributed by atoms with Crippen molar-refractivity contribution in [3.05, 3.63) is 41.2 Å². The number of aromatic carboxylic acids is 1. The lowest BCUT2D eigenvalue weighted by atomic mass is 10.0. The van der Waals surface area contributed by atoms with Crippen LogP contribution in [0.25, 0.3) is 11.4 Å². The van der Waals surface area contributed by atoms with E-state index in [4.69, 9.17) is 14.0 Å². The summed E-state index contributed by atoms with van der Waals surface area (Å²) in [6.07, 6.45) is 1.93. The van der Waals surface area contributed by atoms with E-state index in [0.717, 1.165) is 5.56 Å². The summed E-state index contributed by atoms with van der Waals surface area (Å²) < 4.78 is 8.06. The SMILES string of the molecule is CC(=O)c1cn(CCO[Si](C)(C)C(C)(C)C)c(-c2ccc(C)cc2C(=O)O)n1.O=C=O. The summed E-state index contributed by atoms with van der Waals surface area (Å²) in [4.78, 5) is 44.3. The lowest BCUT2D eigenvalue weighted by Crippen LogP contribution is -2.41. The first-order valence-electron chi connectivity index (χ1n) is 9.80. The number of nitrogens with zero attached hydrogens (tertiary/aromatic N) is 2. The first kappa shape index (κ1) is 26.2. The molecule has 31 heavy (non-hydrogen) atoms. The second kappa shape index (κ2) is 10.4. The molecule has 1 heterocycles. The van der Waals surface area contributed by atoms with Gasteiger partial charge in [-0.15, -0.1) is 0 Å². The minimum atomic E-state index is -1.90. The Morgan fingerprint density at radius 2 is 1.81 bits per heavy atom. The number of aromatic nitrogens is 2. The first-order chi connectivity index (χ1) is 14.2. The van der Waals surface area contributed by atoms with Gasteiger partial charge in [0.1, 0.15) is 11.5 Å². The molecule has 9 heteroatoms. The highest BCUT2D eigenvalue weighted by molar-refractivity contribution is 6.74. The standard InChI is InChI=1S/C21H30N2O4Si.CO2/c1-14-8-9-16(17(12-14)20(25)26)19-22-18(15(2)24)13-23(19)10-11-27-28(6,7)21(3,4)5;2-1-3/h8-9,12-13H,10-11H2,1-7H3,(H,25,26);. The molecule has 0 spiro atoms. The summed E-state index contributed by atoms with van der Waals surface area (Å²) in [5.74, 6) is -0.703. The number of carbonyl (C=O) groups excluding carboxylic acids is 3. The van der Waals surface area contributed by atoms with Gasteiger partial charge in [-0.25, -0.2) is 9.78 Å². The van der Waals surface area contributed by atoms with E-state index >= 15 is 0 Å². The molecule has 0 saturated heterocycles. The Hall–Kier alpha value is -2.87. The van der Waals surface area contributed by atoms with Gasteiger partial charge in [0.05, 0.1) is 12.2 Å². The molecule has 1 aromatic heterocycles. The van der Waals surface area contributed by atoms with Gasteiger partial charge in [-0.05, 0) is 31.1 Å². The summed E-state index contributed by atoms with van der Waals surface area (Å²) >= 11 is 0. The number of carboxylic acids is 1. The van der Waals surface area contributed by atoms with Crippen LogP contribution in [0.5, 0.6) is 0 Å². The summed E-state index contributed by atoms with van der Waals surface area (Å²) in [7, 11) is -1.90. The third-order valence-corrected chi connectivity index (χ3v) is 9.92. The van der Waals surface area contributed by atoms with Crippen LogP contribution in [0.2, 0.25) is 18.1 Å². The fourth-order valence-corrected chi connectivity index (χ4v) is 3.65. The minimum Gasteiger partial charge on any atom is -0.478 e. The predicted octanol–water partition coefficient (Wildman–Crippen LogP) is 4.20. The molecular weight excluding hydrogens is 416 g/mol. The van der Waals surface area contributed by atoms with Crippen LogP contribution < -0.4 is 0 Å². The van der Waals surface area contributed by atoms with E-state index < -0.39 is 14.3 Å². The van der Waals surface area contributed by atoms with Crippen molar-refractivity contribution in [2.75, 3.05) is 6.61 Å². The van der Waals surface area contributed by atoms with E-state index in [1.807, 2.05) is 17.6 Å². The molecule has 0 unspecified atom stereocenters. The third kappa shape index (κ3) is 6.82. The molecule has 0 aliphatic heterocycles. The molecule has 0 saturated carbocycles. The average molecular weight is 447 g/mol. The molecule has 2 aromatic rings. The summed E-state index contributed by atoms with van der Waals surface area (Å²) in [6, 6.07) is 5.22. The van der Waals surface area contributed by atoms with E-state index in [1.165, 1.54) is 6.92 Å². The summed E-state index contributed by atoms with van der Waals surface area (Å²) in [6.45, 7) is 15.2. The maximum atomic E-state index is 11.9. The smallest absolute Gasteiger partial charge is 0.373 e. The number of hydrogen-bond donors (Lipinski definition) is 1.